The van der Waals surface area contributed by atoms with Crippen LogP contribution in [-0.2, 0) is 57.2 Å². The largest absolute Gasteiger partial charge is 0.416 e. The van der Waals surface area contributed by atoms with Crippen molar-refractivity contribution in [1.29, 1.82) is 0 Å². The summed E-state index contributed by atoms with van der Waals surface area (Å²) in [6, 6.07) is 65.6. The van der Waals surface area contributed by atoms with E-state index < -0.39 is 65.0 Å². The van der Waals surface area contributed by atoms with Gasteiger partial charge in [-0.1, -0.05) is 168 Å². The Morgan fingerprint density at radius 1 is 0.312 bits per heavy atom. The minimum absolute atomic E-state index is 0.0114. The Bertz CT molecular complexity index is 6950. The number of rotatable bonds is 18. The molecule has 4 aliphatic heterocycles. The number of hydrogen-bond acceptors (Lipinski definition) is 12. The number of alkyl halides is 6. The summed E-state index contributed by atoms with van der Waals surface area (Å²) < 4.78 is 110. The third-order valence-electron chi connectivity index (χ3n) is 22.0. The van der Waals surface area contributed by atoms with Crippen LogP contribution in [0.15, 0.2) is 287 Å². The van der Waals surface area contributed by atoms with E-state index in [0.717, 1.165) is 23.3 Å². The highest BCUT2D eigenvalue weighted by Gasteiger charge is 2.39. The van der Waals surface area contributed by atoms with E-state index in [-0.39, 0.29) is 102 Å². The first-order valence-corrected chi connectivity index (χ1v) is 47.0. The SMILES string of the molecule is CC(C)(C)NC(=O)Nc1ccc(C2=NC(Cc3ccccc3C(F)(F)F)C(=O)Nc3ccc(Cl)cc32)cc1.CC(C)(C)NC(=O)Nc1ccc(C2=NC(Cc3ccccc3F)C(=O)Nc3ccc(Cl)cc32)cc1.CC(C)NC(=O)Nc1ccc(C2=NC(Cc3ccccc3C(F)(F)F)C(=O)Nc3ccc(Cl)cc32)cc1.CC(C)NC(=O)Nc1ccc(C2=NC(Cc3ccccc3F)C(=O)Nc3ccc(Cl)cc32)cc1. The first kappa shape index (κ1) is 106. The number of carbonyl (C=O) groups is 8. The molecule has 4 aliphatic rings. The minimum Gasteiger partial charge on any atom is -0.336 e. The Morgan fingerprint density at radius 2 is 0.535 bits per heavy atom. The van der Waals surface area contributed by atoms with Gasteiger partial charge in [-0.25, -0.2) is 28.0 Å². The van der Waals surface area contributed by atoms with Crippen molar-refractivity contribution < 1.29 is 73.5 Å². The zero-order valence-corrected chi connectivity index (χ0v) is 82.3. The smallest absolute Gasteiger partial charge is 0.336 e. The lowest BCUT2D eigenvalue weighted by molar-refractivity contribution is -0.139. The Labute approximate surface area is 845 Å². The van der Waals surface area contributed by atoms with Gasteiger partial charge in [0.05, 0.1) is 56.7 Å². The quantitative estimate of drug-likeness (QED) is 0.0366. The fraction of sp³-hybridized carbons (Fsp3) is 0.222. The van der Waals surface area contributed by atoms with Gasteiger partial charge in [0, 0.05) is 136 Å². The summed E-state index contributed by atoms with van der Waals surface area (Å²) in [6.45, 7) is 18.7. The summed E-state index contributed by atoms with van der Waals surface area (Å²) in [4.78, 5) is 119. The van der Waals surface area contributed by atoms with Gasteiger partial charge in [0.15, 0.2) is 0 Å². The monoisotopic (exact) mass is 2040 g/mol. The Hall–Kier alpha value is -15.1. The lowest BCUT2D eigenvalue weighted by Crippen LogP contribution is -2.43. The van der Waals surface area contributed by atoms with Gasteiger partial charge in [-0.15, -0.1) is 0 Å². The number of anilines is 8. The van der Waals surface area contributed by atoms with E-state index >= 15 is 0 Å². The number of fused-ring (bicyclic) bond motifs is 4. The molecule has 24 nitrogen and oxygen atoms in total. The van der Waals surface area contributed by atoms with Gasteiger partial charge in [-0.05, 0) is 237 Å². The Kier molecular flexibility index (Phi) is 34.1. The average Bonchev–Trinajstić information content (AvgIpc) is 1.57. The standard InChI is InChI=1S/C28H26ClF3N4O2.C27H24ClF3N4O2.C27H26ClFN4O2.C26H24ClFN4O2/c1-27(2,3)36-26(38)33-19-11-8-16(9-12-19)24-20-15-18(29)10-13-22(20)35-25(37)23(34-24)14-17-6-4-5-7-21(17)28(30,31)32;1-15(2)32-26(37)33-19-10-7-16(8-11-19)24-20-14-18(28)9-12-22(20)35-25(36)23(34-24)13-17-5-3-4-6-21(17)27(29,30)31;1-27(2,3)33-26(35)30-19-11-8-16(9-12-19)24-20-15-18(28)10-13-22(20)32-25(34)23(31-24)14-17-6-4-5-7-21(17)29;1-15(2)29-26(34)30-19-10-7-16(8-11-19)24-20-14-18(27)9-12-22(20)32-25(33)23(31-24)13-17-5-3-4-6-21(17)28/h4-13,15,23H,14H2,1-3H3,(H,35,37)(H2,33,36,38);3-12,14-15,23H,13H2,1-2H3,(H,35,36)(H2,32,33,37);4-13,15,23H,14H2,1-3H3,(H,32,34)(H2,30,33,35);3-12,14-15,23H,13H2,1-2H3,(H,32,33)(H2,29,30,34). The number of aliphatic imine (C=N–C) groups is 4. The molecular weight excluding hydrogens is 1940 g/mol. The van der Waals surface area contributed by atoms with E-state index in [0.29, 0.717) is 133 Å². The molecule has 36 heteroatoms. The second-order valence-electron chi connectivity index (χ2n) is 36.5. The van der Waals surface area contributed by atoms with E-state index in [1.807, 2.05) is 93.5 Å². The van der Waals surface area contributed by atoms with Crippen LogP contribution in [0.3, 0.4) is 0 Å². The number of hydrogen-bond donors (Lipinski definition) is 12. The maximum Gasteiger partial charge on any atom is 0.416 e. The van der Waals surface area contributed by atoms with Crippen molar-refractivity contribution in [2.24, 2.45) is 20.0 Å². The van der Waals surface area contributed by atoms with Gasteiger partial charge in [-0.3, -0.25) is 39.1 Å². The zero-order chi connectivity index (χ0) is 104. The fourth-order valence-corrected chi connectivity index (χ4v) is 16.3. The molecule has 12 amide bonds. The van der Waals surface area contributed by atoms with E-state index in [9.17, 15) is 73.5 Å². The lowest BCUT2D eigenvalue weighted by atomic mass is 9.98. The van der Waals surface area contributed by atoms with Gasteiger partial charge in [-0.2, -0.15) is 26.3 Å². The topological polar surface area (TPSA) is 330 Å². The van der Waals surface area contributed by atoms with Gasteiger partial charge in [0.2, 0.25) is 23.6 Å². The highest BCUT2D eigenvalue weighted by atomic mass is 35.5. The summed E-state index contributed by atoms with van der Waals surface area (Å²) in [5, 5.41) is 35.4. The summed E-state index contributed by atoms with van der Waals surface area (Å²) >= 11 is 25.0. The van der Waals surface area contributed by atoms with Crippen LogP contribution >= 0.6 is 46.4 Å². The number of halogens is 12. The van der Waals surface area contributed by atoms with Crippen molar-refractivity contribution >= 4 is 163 Å². The molecule has 0 aliphatic carbocycles. The molecule has 744 valence electrons. The van der Waals surface area contributed by atoms with Gasteiger partial charge in [0.25, 0.3) is 0 Å². The van der Waals surface area contributed by atoms with Gasteiger partial charge < -0.3 is 63.8 Å². The molecule has 0 bridgehead atoms. The molecule has 16 rings (SSSR count). The number of nitrogens with one attached hydrogen (secondary N) is 12. The van der Waals surface area contributed by atoms with Crippen LogP contribution < -0.4 is 63.8 Å². The third kappa shape index (κ3) is 29.1. The van der Waals surface area contributed by atoms with Crippen molar-refractivity contribution in [3.8, 4) is 0 Å². The molecule has 0 radical (unpaired) electrons. The first-order chi connectivity index (χ1) is 68.2. The van der Waals surface area contributed by atoms with E-state index in [2.05, 4.69) is 73.8 Å². The van der Waals surface area contributed by atoms with Crippen molar-refractivity contribution in [2.45, 2.75) is 155 Å². The predicted octanol–water partition coefficient (Wildman–Crippen LogP) is 24.2. The second kappa shape index (κ2) is 46.3. The molecule has 0 aromatic heterocycles. The molecule has 12 N–H and O–H groups in total. The summed E-state index contributed by atoms with van der Waals surface area (Å²) in [5.41, 5.74) is 9.59. The van der Waals surface area contributed by atoms with Crippen LogP contribution in [0, 0.1) is 11.6 Å². The van der Waals surface area contributed by atoms with Crippen LogP contribution in [0.5, 0.6) is 0 Å². The van der Waals surface area contributed by atoms with E-state index in [4.69, 9.17) is 56.4 Å². The molecule has 0 saturated heterocycles. The van der Waals surface area contributed by atoms with Crippen LogP contribution in [0.4, 0.5) is 99.8 Å². The molecule has 0 fully saturated rings. The zero-order valence-electron chi connectivity index (χ0n) is 79.3. The van der Waals surface area contributed by atoms with Crippen LogP contribution in [0.2, 0.25) is 20.1 Å². The number of benzene rings is 12. The van der Waals surface area contributed by atoms with Crippen molar-refractivity contribution in [3.63, 3.8) is 0 Å². The predicted molar refractivity (Wildman–Crippen MR) is 553 cm³/mol. The van der Waals surface area contributed by atoms with Crippen molar-refractivity contribution in [1.82, 2.24) is 21.3 Å². The van der Waals surface area contributed by atoms with Gasteiger partial charge in [0.1, 0.15) is 35.8 Å². The normalized spacial score (nSPS) is 15.4. The lowest BCUT2D eigenvalue weighted by Gasteiger charge is -2.20. The Morgan fingerprint density at radius 3 is 0.764 bits per heavy atom. The van der Waals surface area contributed by atoms with Crippen LogP contribution in [0.25, 0.3) is 0 Å². The number of amides is 12. The molecule has 0 saturated carbocycles. The number of nitrogens with zero attached hydrogens (tertiary/aromatic N) is 4. The fourth-order valence-electron chi connectivity index (χ4n) is 15.6. The number of benzodiazepines with no additional fused rings is 4. The first-order valence-electron chi connectivity index (χ1n) is 45.5. The third-order valence-corrected chi connectivity index (χ3v) is 23.0. The second-order valence-corrected chi connectivity index (χ2v) is 38.2. The highest BCUT2D eigenvalue weighted by molar-refractivity contribution is 6.34. The number of carbonyl (C=O) groups excluding carboxylic acids is 8. The summed E-state index contributed by atoms with van der Waals surface area (Å²) in [5.74, 6) is -2.48. The molecule has 144 heavy (non-hydrogen) atoms. The van der Waals surface area contributed by atoms with Crippen LogP contribution in [-0.4, -0.2) is 118 Å². The summed E-state index contributed by atoms with van der Waals surface area (Å²) in [6.07, 6.45) is -9.41. The molecule has 4 unspecified atom stereocenters. The molecule has 12 aromatic carbocycles. The van der Waals surface area contributed by atoms with Gasteiger partial charge >= 0.3 is 36.5 Å². The molecule has 0 spiro atoms. The maximum atomic E-state index is 14.3. The molecule has 4 heterocycles. The van der Waals surface area contributed by atoms with E-state index in [1.54, 1.807) is 182 Å². The number of urea groups is 4. The Balaban J connectivity index is 0.000000161. The average molecular weight is 2040 g/mol. The summed E-state index contributed by atoms with van der Waals surface area (Å²) in [7, 11) is 0. The van der Waals surface area contributed by atoms with Crippen molar-refractivity contribution in [3.05, 3.63) is 377 Å². The maximum absolute atomic E-state index is 14.3. The highest BCUT2D eigenvalue weighted by Crippen LogP contribution is 2.39. The molecule has 12 aromatic rings. The molecular formula is C108H100Cl4F8N16O8. The van der Waals surface area contributed by atoms with Crippen LogP contribution in [0.1, 0.15) is 147 Å². The molecule has 4 atom stereocenters. The van der Waals surface area contributed by atoms with Crippen molar-refractivity contribution in [2.75, 3.05) is 42.5 Å². The minimum atomic E-state index is -4.57. The van der Waals surface area contributed by atoms with E-state index in [1.165, 1.54) is 48.5 Å².